The smallest absolute Gasteiger partial charge is 0.270 e. The van der Waals surface area contributed by atoms with Crippen molar-refractivity contribution in [1.29, 1.82) is 0 Å². The van der Waals surface area contributed by atoms with Gasteiger partial charge in [0.1, 0.15) is 0 Å². The van der Waals surface area contributed by atoms with E-state index in [2.05, 4.69) is 12.0 Å². The van der Waals surface area contributed by atoms with Gasteiger partial charge in [-0.25, -0.2) is 0 Å². The van der Waals surface area contributed by atoms with Crippen LogP contribution in [0.2, 0.25) is 0 Å². The Labute approximate surface area is 118 Å². The Morgan fingerprint density at radius 1 is 1.45 bits per heavy atom. The molecule has 6 heteroatoms. The summed E-state index contributed by atoms with van der Waals surface area (Å²) in [5.41, 5.74) is 1.83. The zero-order chi connectivity index (χ0) is 14.4. The quantitative estimate of drug-likeness (QED) is 0.471. The van der Waals surface area contributed by atoms with E-state index in [-0.39, 0.29) is 10.6 Å². The van der Waals surface area contributed by atoms with E-state index < -0.39 is 0 Å². The number of hydrogen-bond acceptors (Lipinski definition) is 5. The highest BCUT2D eigenvalue weighted by molar-refractivity contribution is 6.00. The van der Waals surface area contributed by atoms with Gasteiger partial charge < -0.3 is 4.74 Å². The van der Waals surface area contributed by atoms with E-state index in [0.29, 0.717) is 13.2 Å². The third-order valence-electron chi connectivity index (χ3n) is 3.13. The van der Waals surface area contributed by atoms with Gasteiger partial charge in [-0.15, -0.1) is 0 Å². The highest BCUT2D eigenvalue weighted by atomic mass is 16.6. The van der Waals surface area contributed by atoms with Crippen LogP contribution in [0.15, 0.2) is 29.4 Å². The third-order valence-corrected chi connectivity index (χ3v) is 3.13. The molecule has 108 valence electrons. The summed E-state index contributed by atoms with van der Waals surface area (Å²) in [5, 5.41) is 17.5. The number of hydrazone groups is 1. The Bertz CT molecular complexity index is 496. The third kappa shape index (κ3) is 3.77. The Morgan fingerprint density at radius 3 is 2.85 bits per heavy atom. The SMILES string of the molecule is CCC/C(=N/N1CCOCC1)c1cccc([N+](=O)[O-])c1. The van der Waals surface area contributed by atoms with Crippen LogP contribution < -0.4 is 0 Å². The zero-order valence-corrected chi connectivity index (χ0v) is 11.6. The van der Waals surface area contributed by atoms with Crippen LogP contribution in [0.1, 0.15) is 25.3 Å². The number of nitrogens with zero attached hydrogens (tertiary/aromatic N) is 3. The Morgan fingerprint density at radius 2 is 2.20 bits per heavy atom. The Hall–Kier alpha value is -1.95. The average Bonchev–Trinajstić information content (AvgIpc) is 2.48. The molecule has 1 fully saturated rings. The van der Waals surface area contributed by atoms with Gasteiger partial charge in [-0.2, -0.15) is 5.10 Å². The largest absolute Gasteiger partial charge is 0.378 e. The Balaban J connectivity index is 2.24. The minimum Gasteiger partial charge on any atom is -0.378 e. The van der Waals surface area contributed by atoms with Crippen LogP contribution in [0.4, 0.5) is 5.69 Å². The number of non-ortho nitro benzene ring substituents is 1. The molecule has 1 aliphatic rings. The van der Waals surface area contributed by atoms with Gasteiger partial charge in [-0.05, 0) is 6.42 Å². The van der Waals surface area contributed by atoms with Gasteiger partial charge in [-0.3, -0.25) is 15.1 Å². The molecular formula is C14H19N3O3. The number of rotatable bonds is 5. The summed E-state index contributed by atoms with van der Waals surface area (Å²) in [7, 11) is 0. The molecule has 0 N–H and O–H groups in total. The van der Waals surface area contributed by atoms with Crippen molar-refractivity contribution in [1.82, 2.24) is 5.01 Å². The number of ether oxygens (including phenoxy) is 1. The number of nitro groups is 1. The number of benzene rings is 1. The van der Waals surface area contributed by atoms with Crippen LogP contribution in [0.5, 0.6) is 0 Å². The fraction of sp³-hybridized carbons (Fsp3) is 0.500. The van der Waals surface area contributed by atoms with E-state index in [1.54, 1.807) is 12.1 Å². The fourth-order valence-electron chi connectivity index (χ4n) is 2.11. The Kier molecular flexibility index (Phi) is 5.06. The van der Waals surface area contributed by atoms with Crippen LogP contribution in [0.3, 0.4) is 0 Å². The maximum atomic E-state index is 10.9. The first kappa shape index (κ1) is 14.5. The maximum Gasteiger partial charge on any atom is 0.270 e. The van der Waals surface area contributed by atoms with Crippen LogP contribution in [-0.4, -0.2) is 41.9 Å². The van der Waals surface area contributed by atoms with Crippen molar-refractivity contribution >= 4 is 11.4 Å². The van der Waals surface area contributed by atoms with Crippen LogP contribution in [0, 0.1) is 10.1 Å². The molecule has 1 aromatic carbocycles. The van der Waals surface area contributed by atoms with Crippen LogP contribution in [-0.2, 0) is 4.74 Å². The van der Waals surface area contributed by atoms with Crippen LogP contribution in [0.25, 0.3) is 0 Å². The van der Waals surface area contributed by atoms with E-state index in [4.69, 9.17) is 4.74 Å². The van der Waals surface area contributed by atoms with Crippen molar-refractivity contribution in [2.24, 2.45) is 5.10 Å². The molecule has 0 saturated carbocycles. The lowest BCUT2D eigenvalue weighted by atomic mass is 10.1. The van der Waals surface area contributed by atoms with E-state index in [1.165, 1.54) is 6.07 Å². The molecule has 0 atom stereocenters. The minimum absolute atomic E-state index is 0.105. The fourth-order valence-corrected chi connectivity index (χ4v) is 2.11. The number of nitro benzene ring substituents is 1. The predicted molar refractivity (Wildman–Crippen MR) is 76.9 cm³/mol. The van der Waals surface area contributed by atoms with Gasteiger partial charge in [0, 0.05) is 17.7 Å². The molecule has 6 nitrogen and oxygen atoms in total. The van der Waals surface area contributed by atoms with Crippen molar-refractivity contribution in [2.45, 2.75) is 19.8 Å². The lowest BCUT2D eigenvalue weighted by molar-refractivity contribution is -0.384. The molecule has 0 bridgehead atoms. The maximum absolute atomic E-state index is 10.9. The lowest BCUT2D eigenvalue weighted by Crippen LogP contribution is -2.33. The van der Waals surface area contributed by atoms with Gasteiger partial charge in [0.15, 0.2) is 0 Å². The van der Waals surface area contributed by atoms with E-state index >= 15 is 0 Å². The van der Waals surface area contributed by atoms with Crippen LogP contribution >= 0.6 is 0 Å². The molecule has 1 aromatic rings. The summed E-state index contributed by atoms with van der Waals surface area (Å²) in [6.07, 6.45) is 1.75. The highest BCUT2D eigenvalue weighted by Gasteiger charge is 2.13. The van der Waals surface area contributed by atoms with E-state index in [9.17, 15) is 10.1 Å². The van der Waals surface area contributed by atoms with Gasteiger partial charge in [0.05, 0.1) is 36.9 Å². The second-order valence-corrected chi connectivity index (χ2v) is 4.67. The molecule has 1 heterocycles. The molecule has 0 aromatic heterocycles. The molecule has 0 amide bonds. The minimum atomic E-state index is -0.373. The second-order valence-electron chi connectivity index (χ2n) is 4.67. The van der Waals surface area contributed by atoms with E-state index in [0.717, 1.165) is 37.2 Å². The zero-order valence-electron chi connectivity index (χ0n) is 11.6. The highest BCUT2D eigenvalue weighted by Crippen LogP contribution is 2.16. The molecule has 0 radical (unpaired) electrons. The van der Waals surface area contributed by atoms with Crippen molar-refractivity contribution in [3.63, 3.8) is 0 Å². The van der Waals surface area contributed by atoms with E-state index in [1.807, 2.05) is 11.1 Å². The first-order chi connectivity index (χ1) is 9.70. The summed E-state index contributed by atoms with van der Waals surface area (Å²) < 4.78 is 5.30. The topological polar surface area (TPSA) is 68.0 Å². The monoisotopic (exact) mass is 277 g/mol. The summed E-state index contributed by atoms with van der Waals surface area (Å²) in [6, 6.07) is 6.68. The molecule has 1 aliphatic heterocycles. The molecule has 0 unspecified atom stereocenters. The summed E-state index contributed by atoms with van der Waals surface area (Å²) in [4.78, 5) is 10.5. The van der Waals surface area contributed by atoms with Gasteiger partial charge in [0.25, 0.3) is 5.69 Å². The van der Waals surface area contributed by atoms with Gasteiger partial charge >= 0.3 is 0 Å². The summed E-state index contributed by atoms with van der Waals surface area (Å²) in [6.45, 7) is 4.96. The van der Waals surface area contributed by atoms with Crippen molar-refractivity contribution in [3.05, 3.63) is 39.9 Å². The van der Waals surface area contributed by atoms with Gasteiger partial charge in [0.2, 0.25) is 0 Å². The van der Waals surface area contributed by atoms with Crippen molar-refractivity contribution in [2.75, 3.05) is 26.3 Å². The number of morpholine rings is 1. The first-order valence-electron chi connectivity index (χ1n) is 6.85. The first-order valence-corrected chi connectivity index (χ1v) is 6.85. The number of hydrogen-bond donors (Lipinski definition) is 0. The molecule has 0 spiro atoms. The average molecular weight is 277 g/mol. The normalized spacial score (nSPS) is 16.2. The molecular weight excluding hydrogens is 258 g/mol. The standard InChI is InChI=1S/C14H19N3O3/c1-2-4-14(15-16-7-9-20-10-8-16)12-5-3-6-13(11-12)17(18)19/h3,5-6,11H,2,4,7-10H2,1H3/b15-14-. The molecule has 2 rings (SSSR count). The van der Waals surface area contributed by atoms with Crippen molar-refractivity contribution < 1.29 is 9.66 Å². The van der Waals surface area contributed by atoms with Crippen molar-refractivity contribution in [3.8, 4) is 0 Å². The molecule has 0 aliphatic carbocycles. The summed E-state index contributed by atoms with van der Waals surface area (Å²) >= 11 is 0. The lowest BCUT2D eigenvalue weighted by Gasteiger charge is -2.25. The molecule has 20 heavy (non-hydrogen) atoms. The molecule has 1 saturated heterocycles. The van der Waals surface area contributed by atoms with Gasteiger partial charge in [-0.1, -0.05) is 25.5 Å². The predicted octanol–water partition coefficient (Wildman–Crippen LogP) is 2.43. The second kappa shape index (κ2) is 7.00. The summed E-state index contributed by atoms with van der Waals surface area (Å²) in [5.74, 6) is 0.